The number of H-pyrrole nitrogens is 1. The first-order valence-electron chi connectivity index (χ1n) is 16.5. The Balaban J connectivity index is 1.20. The predicted molar refractivity (Wildman–Crippen MR) is 178 cm³/mol. The van der Waals surface area contributed by atoms with Gasteiger partial charge in [-0.25, -0.2) is 14.4 Å². The second-order valence-corrected chi connectivity index (χ2v) is 13.2. The van der Waals surface area contributed by atoms with Gasteiger partial charge >= 0.3 is 23.9 Å². The summed E-state index contributed by atoms with van der Waals surface area (Å²) < 4.78 is 5.39. The number of urea groups is 1. The third-order valence-corrected chi connectivity index (χ3v) is 10.1. The summed E-state index contributed by atoms with van der Waals surface area (Å²) in [6.45, 7) is -0.0910. The van der Waals surface area contributed by atoms with Gasteiger partial charge in [0.2, 0.25) is 0 Å². The van der Waals surface area contributed by atoms with Crippen LogP contribution in [0.2, 0.25) is 0 Å². The number of aromatic amines is 1. The molecule has 0 spiro atoms. The van der Waals surface area contributed by atoms with Crippen molar-refractivity contribution in [3.8, 4) is 5.75 Å². The second-order valence-electron chi connectivity index (χ2n) is 13.2. The van der Waals surface area contributed by atoms with E-state index in [-0.39, 0.29) is 29.4 Å². The van der Waals surface area contributed by atoms with Gasteiger partial charge in [0, 0.05) is 22.1 Å². The summed E-state index contributed by atoms with van der Waals surface area (Å²) in [6.07, 6.45) is 2.28. The first-order valence-corrected chi connectivity index (χ1v) is 16.5. The standard InChI is InChI=1S/C37H38N4O8/c1-39(2)36(25-10-4-3-5-11-25)19-16-24(17-20-36)33-27(26-12-6-7-13-28(26)38-33)18-21-40-35(45)41-29-14-8-9-15-30(29)47-31(42)22-37(46,34(44)49-41)23-32(43)48-40/h3-15,24,38,46H,16-23H2,1-2H3. The van der Waals surface area contributed by atoms with Crippen LogP contribution >= 0.6 is 0 Å². The number of benzene rings is 3. The largest absolute Gasteiger partial charge is 0.424 e. The molecular formula is C37H38N4O8. The highest BCUT2D eigenvalue weighted by Crippen LogP contribution is 2.47. The molecule has 2 aliphatic heterocycles. The number of hydroxylamine groups is 3. The van der Waals surface area contributed by atoms with E-state index in [0.29, 0.717) is 11.5 Å². The van der Waals surface area contributed by atoms with Crippen LogP contribution in [0.1, 0.15) is 61.3 Å². The molecule has 3 aromatic carbocycles. The third kappa shape index (κ3) is 5.91. The average molecular weight is 667 g/mol. The Kier molecular flexibility index (Phi) is 8.37. The van der Waals surface area contributed by atoms with Crippen LogP contribution in [0, 0.1) is 0 Å². The van der Waals surface area contributed by atoms with Gasteiger partial charge in [-0.2, -0.15) is 5.06 Å². The Bertz CT molecular complexity index is 1920. The minimum atomic E-state index is -2.61. The van der Waals surface area contributed by atoms with Crippen molar-refractivity contribution in [3.63, 3.8) is 0 Å². The zero-order valence-corrected chi connectivity index (χ0v) is 27.4. The maximum atomic E-state index is 14.1. The number of carbonyl (C=O) groups is 4. The summed E-state index contributed by atoms with van der Waals surface area (Å²) in [5.41, 5.74) is 1.58. The van der Waals surface area contributed by atoms with Gasteiger partial charge in [-0.15, -0.1) is 5.06 Å². The fraction of sp³-hybridized carbons (Fsp3) is 0.351. The molecule has 2 amide bonds. The Morgan fingerprint density at radius 3 is 2.29 bits per heavy atom. The van der Waals surface area contributed by atoms with Gasteiger partial charge in [0.05, 0.1) is 19.4 Å². The minimum Gasteiger partial charge on any atom is -0.424 e. The molecule has 12 heteroatoms. The number of nitrogens with zero attached hydrogens (tertiary/aromatic N) is 3. The van der Waals surface area contributed by atoms with E-state index in [1.54, 1.807) is 12.1 Å². The Hall–Kier alpha value is -5.20. The summed E-state index contributed by atoms with van der Waals surface area (Å²) in [5, 5.41) is 13.6. The number of para-hydroxylation sites is 3. The van der Waals surface area contributed by atoms with Gasteiger partial charge in [-0.3, -0.25) is 9.69 Å². The lowest BCUT2D eigenvalue weighted by Crippen LogP contribution is -2.47. The van der Waals surface area contributed by atoms with E-state index in [4.69, 9.17) is 14.4 Å². The first-order chi connectivity index (χ1) is 23.6. The summed E-state index contributed by atoms with van der Waals surface area (Å²) in [4.78, 5) is 69.9. The number of fused-ring (bicyclic) bond motifs is 6. The number of anilines is 1. The molecule has 1 saturated heterocycles. The first kappa shape index (κ1) is 32.4. The summed E-state index contributed by atoms with van der Waals surface area (Å²) in [6, 6.07) is 23.6. The van der Waals surface area contributed by atoms with Crippen LogP contribution in [-0.2, 0) is 36.0 Å². The van der Waals surface area contributed by atoms with Gasteiger partial charge in [0.1, 0.15) is 5.69 Å². The molecule has 1 saturated carbocycles. The van der Waals surface area contributed by atoms with Gasteiger partial charge < -0.3 is 24.5 Å². The quantitative estimate of drug-likeness (QED) is 0.212. The molecule has 1 aromatic heterocycles. The zero-order valence-electron chi connectivity index (χ0n) is 27.4. The lowest BCUT2D eigenvalue weighted by Gasteiger charge is -2.45. The molecule has 1 unspecified atom stereocenters. The Morgan fingerprint density at radius 2 is 1.53 bits per heavy atom. The van der Waals surface area contributed by atoms with E-state index in [0.717, 1.165) is 52.9 Å². The van der Waals surface area contributed by atoms with Crippen molar-refractivity contribution in [2.75, 3.05) is 25.7 Å². The topological polar surface area (TPSA) is 142 Å². The number of hydrogen-bond acceptors (Lipinski definition) is 9. The van der Waals surface area contributed by atoms with Crippen molar-refractivity contribution in [3.05, 3.63) is 95.7 Å². The second kappa shape index (κ2) is 12.7. The number of carbonyl (C=O) groups excluding carboxylic acids is 4. The maximum Gasteiger partial charge on any atom is 0.391 e. The van der Waals surface area contributed by atoms with Crippen LogP contribution in [-0.4, -0.2) is 70.2 Å². The maximum absolute atomic E-state index is 14.1. The molecule has 254 valence electrons. The lowest BCUT2D eigenvalue weighted by atomic mass is 9.70. The molecule has 0 radical (unpaired) electrons. The molecule has 3 heterocycles. The number of rotatable bonds is 6. The lowest BCUT2D eigenvalue weighted by molar-refractivity contribution is -0.184. The molecule has 2 bridgehead atoms. The van der Waals surface area contributed by atoms with E-state index in [1.807, 2.05) is 30.3 Å². The monoisotopic (exact) mass is 666 g/mol. The van der Waals surface area contributed by atoms with Crippen LogP contribution in [0.3, 0.4) is 0 Å². The number of ether oxygens (including phenoxy) is 1. The van der Waals surface area contributed by atoms with Crippen LogP contribution in [0.4, 0.5) is 10.5 Å². The summed E-state index contributed by atoms with van der Waals surface area (Å²) in [7, 11) is 4.27. The highest BCUT2D eigenvalue weighted by atomic mass is 16.8. The minimum absolute atomic E-state index is 0.0646. The van der Waals surface area contributed by atoms with Crippen molar-refractivity contribution in [2.45, 2.75) is 62.0 Å². The molecule has 2 fully saturated rings. The average Bonchev–Trinajstić information content (AvgIpc) is 3.48. The summed E-state index contributed by atoms with van der Waals surface area (Å²) >= 11 is 0. The molecule has 49 heavy (non-hydrogen) atoms. The number of nitrogens with one attached hydrogen (secondary N) is 1. The van der Waals surface area contributed by atoms with Crippen molar-refractivity contribution in [1.82, 2.24) is 14.9 Å². The zero-order chi connectivity index (χ0) is 34.3. The number of aromatic nitrogens is 1. The molecule has 12 nitrogen and oxygen atoms in total. The molecule has 2 N–H and O–H groups in total. The Morgan fingerprint density at radius 1 is 0.857 bits per heavy atom. The number of aliphatic hydroxyl groups is 1. The van der Waals surface area contributed by atoms with Crippen molar-refractivity contribution in [2.24, 2.45) is 0 Å². The van der Waals surface area contributed by atoms with E-state index < -0.39 is 42.4 Å². The smallest absolute Gasteiger partial charge is 0.391 e. The highest BCUT2D eigenvalue weighted by molar-refractivity contribution is 5.99. The SMILES string of the molecule is CN(C)C1(c2ccccc2)CCC(c2[nH]c3ccccc3c2CCN2OC(=O)CC3(O)CC(=O)Oc4ccccc4N(OC3=O)C2=O)CC1. The molecule has 1 aliphatic carbocycles. The normalized spacial score (nSPS) is 24.6. The van der Waals surface area contributed by atoms with E-state index in [1.165, 1.54) is 17.7 Å². The molecule has 3 aliphatic rings. The molecule has 1 atom stereocenters. The van der Waals surface area contributed by atoms with Crippen LogP contribution in [0.5, 0.6) is 5.75 Å². The molecule has 7 rings (SSSR count). The van der Waals surface area contributed by atoms with Crippen LogP contribution < -0.4 is 9.80 Å². The van der Waals surface area contributed by atoms with Gasteiger partial charge in [-0.1, -0.05) is 60.7 Å². The fourth-order valence-electron chi connectivity index (χ4n) is 7.53. The van der Waals surface area contributed by atoms with Gasteiger partial charge in [0.25, 0.3) is 0 Å². The van der Waals surface area contributed by atoms with Crippen molar-refractivity contribution >= 4 is 40.5 Å². The van der Waals surface area contributed by atoms with E-state index in [9.17, 15) is 24.3 Å². The van der Waals surface area contributed by atoms with Crippen LogP contribution in [0.25, 0.3) is 10.9 Å². The van der Waals surface area contributed by atoms with Gasteiger partial charge in [0.15, 0.2) is 11.4 Å². The molecule has 4 aromatic rings. The number of esters is 1. The summed E-state index contributed by atoms with van der Waals surface area (Å²) in [5.74, 6) is -3.25. The highest BCUT2D eigenvalue weighted by Gasteiger charge is 2.49. The fourth-order valence-corrected chi connectivity index (χ4v) is 7.53. The molecular weight excluding hydrogens is 628 g/mol. The van der Waals surface area contributed by atoms with Gasteiger partial charge in [-0.05, 0) is 81.4 Å². The van der Waals surface area contributed by atoms with E-state index in [2.05, 4.69) is 48.2 Å². The van der Waals surface area contributed by atoms with Crippen molar-refractivity contribution in [1.29, 1.82) is 0 Å². The van der Waals surface area contributed by atoms with E-state index >= 15 is 0 Å². The third-order valence-electron chi connectivity index (χ3n) is 10.1. The number of amides is 2. The van der Waals surface area contributed by atoms with Crippen LogP contribution in [0.15, 0.2) is 78.9 Å². The predicted octanol–water partition coefficient (Wildman–Crippen LogP) is 5.11. The van der Waals surface area contributed by atoms with Crippen molar-refractivity contribution < 1.29 is 38.7 Å². The number of hydrogen-bond donors (Lipinski definition) is 2. The Labute approximate surface area is 283 Å².